The van der Waals surface area contributed by atoms with Crippen molar-refractivity contribution in [2.45, 2.75) is 20.5 Å². The van der Waals surface area contributed by atoms with Crippen LogP contribution in [0.1, 0.15) is 23.6 Å². The van der Waals surface area contributed by atoms with Crippen LogP contribution in [0.5, 0.6) is 11.5 Å². The lowest BCUT2D eigenvalue weighted by molar-refractivity contribution is -0.136. The molecule has 7 nitrogen and oxygen atoms in total. The van der Waals surface area contributed by atoms with Crippen molar-refractivity contribution in [3.63, 3.8) is 0 Å². The van der Waals surface area contributed by atoms with Gasteiger partial charge in [-0.1, -0.05) is 47.5 Å². The second kappa shape index (κ2) is 12.6. The van der Waals surface area contributed by atoms with Crippen molar-refractivity contribution < 1.29 is 19.1 Å². The van der Waals surface area contributed by atoms with Crippen LogP contribution in [0.25, 0.3) is 0 Å². The average Bonchev–Trinajstić information content (AvgIpc) is 2.82. The minimum absolute atomic E-state index is 0.253. The van der Waals surface area contributed by atoms with Crippen LogP contribution in [0, 0.1) is 6.92 Å². The van der Waals surface area contributed by atoms with Crippen LogP contribution in [0.4, 0.5) is 5.69 Å². The number of amides is 2. The molecule has 0 heterocycles. The summed E-state index contributed by atoms with van der Waals surface area (Å²) in [5.74, 6) is -0.809. The fourth-order valence-electron chi connectivity index (χ4n) is 2.97. The highest BCUT2D eigenvalue weighted by atomic mass is 79.9. The summed E-state index contributed by atoms with van der Waals surface area (Å²) in [5, 5.41) is 7.48. The number of benzene rings is 3. The summed E-state index contributed by atoms with van der Waals surface area (Å²) in [6, 6.07) is 15.9. The zero-order chi connectivity index (χ0) is 25.4. The minimum atomic E-state index is -0.926. The van der Waals surface area contributed by atoms with E-state index >= 15 is 0 Å². The predicted molar refractivity (Wildman–Crippen MR) is 142 cm³/mol. The molecule has 0 aromatic heterocycles. The number of carbonyl (C=O) groups is 2. The maximum atomic E-state index is 12.2. The number of rotatable bonds is 8. The lowest BCUT2D eigenvalue weighted by Gasteiger charge is -2.15. The first-order valence-electron chi connectivity index (χ1n) is 10.5. The molecular formula is C25H22BrCl2N3O4. The van der Waals surface area contributed by atoms with Gasteiger partial charge in [0.15, 0.2) is 11.5 Å². The highest BCUT2D eigenvalue weighted by Gasteiger charge is 2.16. The number of hydrazone groups is 1. The summed E-state index contributed by atoms with van der Waals surface area (Å²) in [6.45, 7) is 4.26. The van der Waals surface area contributed by atoms with Crippen LogP contribution in [-0.4, -0.2) is 24.6 Å². The molecule has 3 aromatic carbocycles. The molecule has 0 radical (unpaired) electrons. The third-order valence-corrected chi connectivity index (χ3v) is 6.13. The summed E-state index contributed by atoms with van der Waals surface area (Å²) in [4.78, 5) is 24.3. The first-order chi connectivity index (χ1) is 16.8. The van der Waals surface area contributed by atoms with E-state index in [1.54, 1.807) is 43.3 Å². The standard InChI is InChI=1S/C25H22BrCl2N3O4/c1-3-34-22-12-16(11-18(26)23(22)35-14-17-7-4-5-8-20(17)28)13-29-31-25(33)24(32)30-21-10-6-9-19(27)15(21)2/h4-13H,3,14H2,1-2H3,(H,30,32)(H,31,33). The Kier molecular flexibility index (Phi) is 9.54. The smallest absolute Gasteiger partial charge is 0.329 e. The van der Waals surface area contributed by atoms with Crippen molar-refractivity contribution in [2.75, 3.05) is 11.9 Å². The van der Waals surface area contributed by atoms with Crippen LogP contribution in [0.2, 0.25) is 10.0 Å². The van der Waals surface area contributed by atoms with Crippen LogP contribution in [0.3, 0.4) is 0 Å². The van der Waals surface area contributed by atoms with Crippen molar-refractivity contribution in [1.29, 1.82) is 0 Å². The van der Waals surface area contributed by atoms with Gasteiger partial charge in [0.05, 0.1) is 17.3 Å². The maximum absolute atomic E-state index is 12.2. The largest absolute Gasteiger partial charge is 0.490 e. The van der Waals surface area contributed by atoms with Gasteiger partial charge in [0, 0.05) is 21.3 Å². The summed E-state index contributed by atoms with van der Waals surface area (Å²) < 4.78 is 12.3. The molecule has 10 heteroatoms. The van der Waals surface area contributed by atoms with Gasteiger partial charge < -0.3 is 14.8 Å². The van der Waals surface area contributed by atoms with Crippen LogP contribution in [0.15, 0.2) is 64.2 Å². The Labute approximate surface area is 221 Å². The number of halogens is 3. The van der Waals surface area contributed by atoms with Crippen LogP contribution >= 0.6 is 39.1 Å². The predicted octanol–water partition coefficient (Wildman–Crippen LogP) is 6.13. The Morgan fingerprint density at radius 1 is 1.03 bits per heavy atom. The Bertz CT molecular complexity index is 1270. The fourth-order valence-corrected chi connectivity index (χ4v) is 3.91. The zero-order valence-corrected chi connectivity index (χ0v) is 22.0. The van der Waals surface area contributed by atoms with Crippen molar-refractivity contribution in [3.8, 4) is 11.5 Å². The first kappa shape index (κ1) is 26.5. The molecule has 35 heavy (non-hydrogen) atoms. The molecule has 182 valence electrons. The van der Waals surface area contributed by atoms with Gasteiger partial charge in [0.25, 0.3) is 0 Å². The van der Waals surface area contributed by atoms with E-state index in [4.69, 9.17) is 32.7 Å². The van der Waals surface area contributed by atoms with E-state index in [9.17, 15) is 9.59 Å². The van der Waals surface area contributed by atoms with Crippen molar-refractivity contribution in [2.24, 2.45) is 5.10 Å². The zero-order valence-electron chi connectivity index (χ0n) is 18.9. The molecule has 0 spiro atoms. The molecule has 0 unspecified atom stereocenters. The Balaban J connectivity index is 1.67. The Morgan fingerprint density at radius 2 is 1.77 bits per heavy atom. The molecule has 0 aliphatic heterocycles. The van der Waals surface area contributed by atoms with Gasteiger partial charge in [-0.3, -0.25) is 9.59 Å². The Morgan fingerprint density at radius 3 is 2.51 bits per heavy atom. The second-order valence-electron chi connectivity index (χ2n) is 7.21. The number of nitrogens with zero attached hydrogens (tertiary/aromatic N) is 1. The molecule has 3 rings (SSSR count). The number of ether oxygens (including phenoxy) is 2. The maximum Gasteiger partial charge on any atom is 0.329 e. The van der Waals surface area contributed by atoms with Gasteiger partial charge in [-0.05, 0) is 71.2 Å². The molecule has 0 aliphatic carbocycles. The average molecular weight is 579 g/mol. The summed E-state index contributed by atoms with van der Waals surface area (Å²) in [6.07, 6.45) is 1.39. The minimum Gasteiger partial charge on any atom is -0.490 e. The van der Waals surface area contributed by atoms with Crippen LogP contribution < -0.4 is 20.2 Å². The molecule has 2 amide bonds. The van der Waals surface area contributed by atoms with E-state index < -0.39 is 11.8 Å². The highest BCUT2D eigenvalue weighted by molar-refractivity contribution is 9.10. The van der Waals surface area contributed by atoms with E-state index in [1.807, 2.05) is 25.1 Å². The SMILES string of the molecule is CCOc1cc(C=NNC(=O)C(=O)Nc2cccc(Cl)c2C)cc(Br)c1OCc1ccccc1Cl. The van der Waals surface area contributed by atoms with Gasteiger partial charge in [0.2, 0.25) is 0 Å². The lowest BCUT2D eigenvalue weighted by atomic mass is 10.2. The molecule has 0 atom stereocenters. The molecule has 3 aromatic rings. The third-order valence-electron chi connectivity index (χ3n) is 4.76. The lowest BCUT2D eigenvalue weighted by Crippen LogP contribution is -2.32. The van der Waals surface area contributed by atoms with Gasteiger partial charge >= 0.3 is 11.8 Å². The molecule has 0 aliphatic rings. The van der Waals surface area contributed by atoms with Gasteiger partial charge in [-0.25, -0.2) is 5.43 Å². The molecule has 0 fully saturated rings. The normalized spacial score (nSPS) is 10.8. The topological polar surface area (TPSA) is 89.0 Å². The number of hydrogen-bond acceptors (Lipinski definition) is 5. The monoisotopic (exact) mass is 577 g/mol. The third kappa shape index (κ3) is 7.21. The van der Waals surface area contributed by atoms with E-state index in [2.05, 4.69) is 31.8 Å². The Hall–Kier alpha value is -3.07. The molecule has 0 saturated carbocycles. The first-order valence-corrected chi connectivity index (χ1v) is 12.1. The van der Waals surface area contributed by atoms with Crippen LogP contribution in [-0.2, 0) is 16.2 Å². The number of hydrogen-bond donors (Lipinski definition) is 2. The van der Waals surface area contributed by atoms with Gasteiger partial charge in [-0.2, -0.15) is 5.10 Å². The number of carbonyl (C=O) groups excluding carboxylic acids is 2. The van der Waals surface area contributed by atoms with Crippen molar-refractivity contribution >= 4 is 62.8 Å². The quantitative estimate of drug-likeness (QED) is 0.191. The second-order valence-corrected chi connectivity index (χ2v) is 8.88. The van der Waals surface area contributed by atoms with E-state index in [-0.39, 0.29) is 6.61 Å². The van der Waals surface area contributed by atoms with Crippen molar-refractivity contribution in [3.05, 3.63) is 85.8 Å². The molecular weight excluding hydrogens is 557 g/mol. The molecule has 2 N–H and O–H groups in total. The molecule has 0 saturated heterocycles. The van der Waals surface area contributed by atoms with E-state index in [0.29, 0.717) is 49.4 Å². The van der Waals surface area contributed by atoms with E-state index in [0.717, 1.165) is 5.56 Å². The highest BCUT2D eigenvalue weighted by Crippen LogP contribution is 2.37. The summed E-state index contributed by atoms with van der Waals surface area (Å²) in [5.41, 5.74) is 4.75. The van der Waals surface area contributed by atoms with E-state index in [1.165, 1.54) is 6.21 Å². The summed E-state index contributed by atoms with van der Waals surface area (Å²) in [7, 11) is 0. The van der Waals surface area contributed by atoms with Gasteiger partial charge in [0.1, 0.15) is 6.61 Å². The summed E-state index contributed by atoms with van der Waals surface area (Å²) >= 11 is 15.7. The number of anilines is 1. The fraction of sp³-hybridized carbons (Fsp3) is 0.160. The van der Waals surface area contributed by atoms with Gasteiger partial charge in [-0.15, -0.1) is 0 Å². The molecule has 0 bridgehead atoms. The number of nitrogens with one attached hydrogen (secondary N) is 2. The van der Waals surface area contributed by atoms with Crippen molar-refractivity contribution in [1.82, 2.24) is 5.43 Å².